The summed E-state index contributed by atoms with van der Waals surface area (Å²) >= 11 is 0. The van der Waals surface area contributed by atoms with Crippen molar-refractivity contribution in [3.63, 3.8) is 0 Å². The molecule has 0 saturated carbocycles. The number of likely N-dealkylation sites (N-methyl/N-ethyl adjacent to an activating group) is 1. The molecule has 1 rings (SSSR count). The van der Waals surface area contributed by atoms with Crippen LogP contribution < -0.4 is 5.32 Å². The molecule has 6 heteroatoms. The first-order chi connectivity index (χ1) is 6.57. The van der Waals surface area contributed by atoms with Gasteiger partial charge >= 0.3 is 0 Å². The monoisotopic (exact) mass is 256 g/mol. The molecule has 0 aromatic rings. The molecule has 1 aliphatic heterocycles. The molecule has 1 fully saturated rings. The lowest BCUT2D eigenvalue weighted by Crippen LogP contribution is -2.32. The number of rotatable bonds is 5. The average molecular weight is 257 g/mol. The van der Waals surface area contributed by atoms with E-state index in [4.69, 9.17) is 0 Å². The summed E-state index contributed by atoms with van der Waals surface area (Å²) in [5.74, 6) is 0.566. The lowest BCUT2D eigenvalue weighted by Gasteiger charge is -2.15. The molecule has 0 aromatic carbocycles. The van der Waals surface area contributed by atoms with Crippen LogP contribution in [0.3, 0.4) is 0 Å². The summed E-state index contributed by atoms with van der Waals surface area (Å²) < 4.78 is 22.5. The molecule has 1 unspecified atom stereocenters. The highest BCUT2D eigenvalue weighted by Crippen LogP contribution is 2.08. The van der Waals surface area contributed by atoms with Crippen LogP contribution in [0, 0.1) is 0 Å². The zero-order valence-electron chi connectivity index (χ0n) is 9.40. The van der Waals surface area contributed by atoms with Crippen molar-refractivity contribution >= 4 is 22.2 Å². The van der Waals surface area contributed by atoms with Gasteiger partial charge in [-0.05, 0) is 20.0 Å². The molecular weight excluding hydrogens is 236 g/mol. The van der Waals surface area contributed by atoms with E-state index in [2.05, 4.69) is 10.2 Å². The third-order valence-corrected chi connectivity index (χ3v) is 4.52. The minimum Gasteiger partial charge on any atom is -0.316 e. The van der Waals surface area contributed by atoms with Gasteiger partial charge in [0.15, 0.2) is 9.84 Å². The Morgan fingerprint density at radius 1 is 1.47 bits per heavy atom. The number of sulfone groups is 1. The van der Waals surface area contributed by atoms with Crippen molar-refractivity contribution in [2.24, 2.45) is 0 Å². The number of hydrogen-bond acceptors (Lipinski definition) is 4. The Balaban J connectivity index is 0.00000196. The molecule has 1 aliphatic rings. The van der Waals surface area contributed by atoms with E-state index < -0.39 is 9.84 Å². The quantitative estimate of drug-likeness (QED) is 0.760. The highest BCUT2D eigenvalue weighted by molar-refractivity contribution is 7.91. The molecule has 0 aliphatic carbocycles. The standard InChI is InChI=1S/C9H20N2O2S.ClH/c1-3-14(12,13)7-6-11-5-4-9(8-11)10-2;/h9-10H,3-8H2,1-2H3;1H. The Labute approximate surface area is 98.7 Å². The predicted octanol–water partition coefficient (Wildman–Crippen LogP) is 0.137. The number of likely N-dealkylation sites (tertiary alicyclic amines) is 1. The van der Waals surface area contributed by atoms with E-state index >= 15 is 0 Å². The van der Waals surface area contributed by atoms with E-state index in [1.807, 2.05) is 7.05 Å². The number of hydrogen-bond donors (Lipinski definition) is 1. The second-order valence-corrected chi connectivity index (χ2v) is 6.28. The Hall–Kier alpha value is 0.160. The first-order valence-electron chi connectivity index (χ1n) is 5.17. The molecule has 1 heterocycles. The summed E-state index contributed by atoms with van der Waals surface area (Å²) in [5, 5.41) is 3.21. The summed E-state index contributed by atoms with van der Waals surface area (Å²) in [6.07, 6.45) is 1.13. The fraction of sp³-hybridized carbons (Fsp3) is 1.00. The van der Waals surface area contributed by atoms with Crippen LogP contribution in [-0.4, -0.2) is 57.5 Å². The van der Waals surface area contributed by atoms with Crippen molar-refractivity contribution in [3.05, 3.63) is 0 Å². The second-order valence-electron chi connectivity index (χ2n) is 3.81. The molecular formula is C9H21ClN2O2S. The molecule has 0 spiro atoms. The first kappa shape index (κ1) is 15.2. The fourth-order valence-electron chi connectivity index (χ4n) is 1.68. The van der Waals surface area contributed by atoms with Crippen LogP contribution in [-0.2, 0) is 9.84 Å². The summed E-state index contributed by atoms with van der Waals surface area (Å²) in [7, 11) is -0.838. The van der Waals surface area contributed by atoms with Gasteiger partial charge in [-0.1, -0.05) is 6.92 Å². The van der Waals surface area contributed by atoms with Gasteiger partial charge in [0, 0.05) is 24.9 Å². The predicted molar refractivity (Wildman–Crippen MR) is 65.5 cm³/mol. The summed E-state index contributed by atoms with van der Waals surface area (Å²) in [6, 6.07) is 0.541. The van der Waals surface area contributed by atoms with Gasteiger partial charge in [-0.3, -0.25) is 0 Å². The Morgan fingerprint density at radius 2 is 2.13 bits per heavy atom. The largest absolute Gasteiger partial charge is 0.316 e. The maximum absolute atomic E-state index is 11.3. The van der Waals surface area contributed by atoms with E-state index in [0.717, 1.165) is 19.5 Å². The topological polar surface area (TPSA) is 49.4 Å². The van der Waals surface area contributed by atoms with Crippen molar-refractivity contribution in [3.8, 4) is 0 Å². The molecule has 15 heavy (non-hydrogen) atoms. The average Bonchev–Trinajstić information content (AvgIpc) is 2.63. The smallest absolute Gasteiger partial charge is 0.151 e. The zero-order chi connectivity index (χ0) is 10.6. The van der Waals surface area contributed by atoms with E-state index in [-0.39, 0.29) is 18.2 Å². The maximum Gasteiger partial charge on any atom is 0.151 e. The van der Waals surface area contributed by atoms with Gasteiger partial charge in [-0.15, -0.1) is 12.4 Å². The lowest BCUT2D eigenvalue weighted by molar-refractivity contribution is 0.349. The fourth-order valence-corrected chi connectivity index (χ4v) is 2.51. The van der Waals surface area contributed by atoms with E-state index in [1.165, 1.54) is 0 Å². The van der Waals surface area contributed by atoms with Crippen LogP contribution >= 0.6 is 12.4 Å². The summed E-state index contributed by atoms with van der Waals surface area (Å²) in [4.78, 5) is 2.22. The third kappa shape index (κ3) is 5.15. The maximum atomic E-state index is 11.3. The molecule has 1 N–H and O–H groups in total. The first-order valence-corrected chi connectivity index (χ1v) is 6.99. The van der Waals surface area contributed by atoms with Gasteiger partial charge in [-0.25, -0.2) is 8.42 Å². The zero-order valence-corrected chi connectivity index (χ0v) is 11.0. The number of nitrogens with one attached hydrogen (secondary N) is 1. The van der Waals surface area contributed by atoms with Gasteiger partial charge < -0.3 is 10.2 Å². The Morgan fingerprint density at radius 3 is 2.60 bits per heavy atom. The van der Waals surface area contributed by atoms with Crippen LogP contribution in [0.5, 0.6) is 0 Å². The highest BCUT2D eigenvalue weighted by atomic mass is 35.5. The lowest BCUT2D eigenvalue weighted by atomic mass is 10.3. The Bertz CT molecular complexity index is 269. The normalized spacial score (nSPS) is 22.7. The molecule has 0 radical (unpaired) electrons. The van der Waals surface area contributed by atoms with Crippen molar-refractivity contribution in [1.29, 1.82) is 0 Å². The van der Waals surface area contributed by atoms with E-state index in [0.29, 0.717) is 18.3 Å². The van der Waals surface area contributed by atoms with Crippen LogP contribution in [0.4, 0.5) is 0 Å². The van der Waals surface area contributed by atoms with Crippen LogP contribution in [0.25, 0.3) is 0 Å². The summed E-state index contributed by atoms with van der Waals surface area (Å²) in [6.45, 7) is 4.39. The molecule has 0 bridgehead atoms. The second kappa shape index (κ2) is 6.68. The van der Waals surface area contributed by atoms with Crippen molar-refractivity contribution < 1.29 is 8.42 Å². The van der Waals surface area contributed by atoms with E-state index in [1.54, 1.807) is 6.92 Å². The van der Waals surface area contributed by atoms with E-state index in [9.17, 15) is 8.42 Å². The SMILES string of the molecule is CCS(=O)(=O)CCN1CCC(NC)C1.Cl. The molecule has 1 atom stereocenters. The minimum absolute atomic E-state index is 0. The van der Waals surface area contributed by atoms with Crippen molar-refractivity contribution in [2.75, 3.05) is 38.2 Å². The minimum atomic E-state index is -2.79. The van der Waals surface area contributed by atoms with Gasteiger partial charge in [0.25, 0.3) is 0 Å². The van der Waals surface area contributed by atoms with Gasteiger partial charge in [-0.2, -0.15) is 0 Å². The molecule has 0 amide bonds. The van der Waals surface area contributed by atoms with Crippen molar-refractivity contribution in [1.82, 2.24) is 10.2 Å². The molecule has 92 valence electrons. The molecule has 0 aromatic heterocycles. The Kier molecular flexibility index (Phi) is 6.75. The molecule has 1 saturated heterocycles. The van der Waals surface area contributed by atoms with Crippen LogP contribution in [0.2, 0.25) is 0 Å². The van der Waals surface area contributed by atoms with Crippen molar-refractivity contribution in [2.45, 2.75) is 19.4 Å². The van der Waals surface area contributed by atoms with Gasteiger partial charge in [0.05, 0.1) is 5.75 Å². The molecule has 4 nitrogen and oxygen atoms in total. The summed E-state index contributed by atoms with van der Waals surface area (Å²) in [5.41, 5.74) is 0. The third-order valence-electron chi connectivity index (χ3n) is 2.84. The number of nitrogens with zero attached hydrogens (tertiary/aromatic N) is 1. The van der Waals surface area contributed by atoms with Crippen LogP contribution in [0.1, 0.15) is 13.3 Å². The van der Waals surface area contributed by atoms with Gasteiger partial charge in [0.2, 0.25) is 0 Å². The highest BCUT2D eigenvalue weighted by Gasteiger charge is 2.21. The number of halogens is 1. The van der Waals surface area contributed by atoms with Gasteiger partial charge in [0.1, 0.15) is 0 Å². The van der Waals surface area contributed by atoms with Crippen LogP contribution in [0.15, 0.2) is 0 Å².